The predicted molar refractivity (Wildman–Crippen MR) is 67.0 cm³/mol. The minimum atomic E-state index is -0.977. The molecule has 0 bridgehead atoms. The summed E-state index contributed by atoms with van der Waals surface area (Å²) < 4.78 is 1.64. The Morgan fingerprint density at radius 3 is 2.53 bits per heavy atom. The molecule has 0 saturated heterocycles. The van der Waals surface area contributed by atoms with E-state index in [0.717, 1.165) is 5.56 Å². The van der Waals surface area contributed by atoms with Crippen LogP contribution < -0.4 is 0 Å². The molecule has 3 aromatic rings. The van der Waals surface area contributed by atoms with Crippen LogP contribution in [0.15, 0.2) is 42.6 Å². The third-order valence-electron chi connectivity index (χ3n) is 2.80. The smallest absolute Gasteiger partial charge is 0.335 e. The lowest BCUT2D eigenvalue weighted by atomic mass is 10.1. The molecule has 0 unspecified atom stereocenters. The minimum Gasteiger partial charge on any atom is -0.504 e. The SMILES string of the molecule is O=C(O)c1ccc(-c2nnc3c(O)cccn23)cc1. The van der Waals surface area contributed by atoms with Crippen molar-refractivity contribution in [2.75, 3.05) is 0 Å². The lowest BCUT2D eigenvalue weighted by molar-refractivity contribution is 0.0697. The molecule has 0 radical (unpaired) electrons. The number of carboxylic acids is 1. The first kappa shape index (κ1) is 11.2. The lowest BCUT2D eigenvalue weighted by Gasteiger charge is -2.01. The number of aromatic carboxylic acids is 1. The van der Waals surface area contributed by atoms with Crippen LogP contribution in [0.4, 0.5) is 0 Å². The fourth-order valence-corrected chi connectivity index (χ4v) is 1.86. The molecule has 0 amide bonds. The van der Waals surface area contributed by atoms with Crippen LogP contribution in [-0.2, 0) is 0 Å². The fraction of sp³-hybridized carbons (Fsp3) is 0. The van der Waals surface area contributed by atoms with Gasteiger partial charge in [-0.15, -0.1) is 10.2 Å². The predicted octanol–water partition coefficient (Wildman–Crippen LogP) is 1.80. The number of pyridine rings is 1. The number of hydrogen-bond donors (Lipinski definition) is 2. The van der Waals surface area contributed by atoms with Crippen molar-refractivity contribution in [3.8, 4) is 17.1 Å². The number of benzene rings is 1. The van der Waals surface area contributed by atoms with Crippen LogP contribution in [0, 0.1) is 0 Å². The molecular weight excluding hydrogens is 246 g/mol. The molecule has 2 aromatic heterocycles. The largest absolute Gasteiger partial charge is 0.504 e. The van der Waals surface area contributed by atoms with E-state index in [1.807, 2.05) is 0 Å². The van der Waals surface area contributed by atoms with Gasteiger partial charge < -0.3 is 10.2 Å². The molecule has 1 aromatic carbocycles. The summed E-state index contributed by atoms with van der Waals surface area (Å²) in [5.74, 6) is -0.387. The van der Waals surface area contributed by atoms with Crippen LogP contribution >= 0.6 is 0 Å². The monoisotopic (exact) mass is 255 g/mol. The Morgan fingerprint density at radius 1 is 1.11 bits per heavy atom. The zero-order valence-corrected chi connectivity index (χ0v) is 9.69. The summed E-state index contributed by atoms with van der Waals surface area (Å²) in [5.41, 5.74) is 1.29. The van der Waals surface area contributed by atoms with Crippen LogP contribution in [0.25, 0.3) is 17.0 Å². The lowest BCUT2D eigenvalue weighted by Crippen LogP contribution is -1.96. The molecule has 0 atom stereocenters. The molecule has 0 fully saturated rings. The van der Waals surface area contributed by atoms with E-state index in [4.69, 9.17) is 5.11 Å². The van der Waals surface area contributed by atoms with E-state index in [1.54, 1.807) is 28.8 Å². The number of fused-ring (bicyclic) bond motifs is 1. The van der Waals surface area contributed by atoms with Gasteiger partial charge in [0.25, 0.3) is 0 Å². The Labute approximate surface area is 107 Å². The highest BCUT2D eigenvalue weighted by atomic mass is 16.4. The van der Waals surface area contributed by atoms with Gasteiger partial charge in [-0.2, -0.15) is 0 Å². The third-order valence-corrected chi connectivity index (χ3v) is 2.80. The standard InChI is InChI=1S/C13H9N3O3/c17-10-2-1-7-16-11(14-15-12(10)16)8-3-5-9(6-4-8)13(18)19/h1-7,17H,(H,18,19). The number of hydrogen-bond acceptors (Lipinski definition) is 4. The highest BCUT2D eigenvalue weighted by molar-refractivity contribution is 5.88. The summed E-state index contributed by atoms with van der Waals surface area (Å²) in [5, 5.41) is 26.4. The Bertz CT molecular complexity index is 762. The van der Waals surface area contributed by atoms with E-state index in [2.05, 4.69) is 10.2 Å². The topological polar surface area (TPSA) is 87.7 Å². The van der Waals surface area contributed by atoms with Gasteiger partial charge in [-0.1, -0.05) is 12.1 Å². The Balaban J connectivity index is 2.14. The number of carboxylic acid groups (broad SMARTS) is 1. The van der Waals surface area contributed by atoms with Crippen molar-refractivity contribution >= 4 is 11.6 Å². The molecular formula is C13H9N3O3. The zero-order valence-electron chi connectivity index (χ0n) is 9.69. The number of carbonyl (C=O) groups is 1. The summed E-state index contributed by atoms with van der Waals surface area (Å²) in [6.07, 6.45) is 1.73. The number of nitrogens with zero attached hydrogens (tertiary/aromatic N) is 3. The first-order valence-electron chi connectivity index (χ1n) is 5.53. The Hall–Kier alpha value is -2.89. The van der Waals surface area contributed by atoms with Crippen molar-refractivity contribution in [3.63, 3.8) is 0 Å². The van der Waals surface area contributed by atoms with Gasteiger partial charge in [0, 0.05) is 11.8 Å². The Morgan fingerprint density at radius 2 is 1.84 bits per heavy atom. The molecule has 2 heterocycles. The van der Waals surface area contributed by atoms with Crippen molar-refractivity contribution in [1.29, 1.82) is 0 Å². The zero-order chi connectivity index (χ0) is 13.4. The van der Waals surface area contributed by atoms with Crippen LogP contribution in [0.5, 0.6) is 5.75 Å². The van der Waals surface area contributed by atoms with Crippen LogP contribution in [0.2, 0.25) is 0 Å². The van der Waals surface area contributed by atoms with Crippen molar-refractivity contribution in [2.24, 2.45) is 0 Å². The summed E-state index contributed by atoms with van der Waals surface area (Å²) >= 11 is 0. The molecule has 3 rings (SSSR count). The number of aromatic hydroxyl groups is 1. The summed E-state index contributed by atoms with van der Waals surface area (Å²) in [7, 11) is 0. The van der Waals surface area contributed by atoms with E-state index in [9.17, 15) is 9.90 Å². The first-order chi connectivity index (χ1) is 9.16. The van der Waals surface area contributed by atoms with Gasteiger partial charge in [-0.25, -0.2) is 4.79 Å². The second kappa shape index (κ2) is 4.09. The molecule has 19 heavy (non-hydrogen) atoms. The van der Waals surface area contributed by atoms with Crippen molar-refractivity contribution in [1.82, 2.24) is 14.6 Å². The molecule has 0 aliphatic heterocycles. The normalized spacial score (nSPS) is 10.7. The Kier molecular flexibility index (Phi) is 2.42. The van der Waals surface area contributed by atoms with Gasteiger partial charge >= 0.3 is 5.97 Å². The van der Waals surface area contributed by atoms with Crippen LogP contribution in [0.1, 0.15) is 10.4 Å². The third kappa shape index (κ3) is 1.79. The van der Waals surface area contributed by atoms with E-state index >= 15 is 0 Å². The molecule has 2 N–H and O–H groups in total. The maximum atomic E-state index is 10.8. The minimum absolute atomic E-state index is 0.0448. The average Bonchev–Trinajstić information content (AvgIpc) is 2.84. The summed E-state index contributed by atoms with van der Waals surface area (Å²) in [6, 6.07) is 9.53. The maximum absolute atomic E-state index is 10.8. The van der Waals surface area contributed by atoms with E-state index < -0.39 is 5.97 Å². The van der Waals surface area contributed by atoms with Crippen molar-refractivity contribution in [2.45, 2.75) is 0 Å². The highest BCUT2D eigenvalue weighted by Crippen LogP contribution is 2.22. The van der Waals surface area contributed by atoms with Crippen molar-refractivity contribution in [3.05, 3.63) is 48.2 Å². The summed E-state index contributed by atoms with van der Waals surface area (Å²) in [4.78, 5) is 10.8. The first-order valence-corrected chi connectivity index (χ1v) is 5.53. The molecule has 0 aliphatic rings. The van der Waals surface area contributed by atoms with Crippen LogP contribution in [0.3, 0.4) is 0 Å². The van der Waals surface area contributed by atoms with Crippen molar-refractivity contribution < 1.29 is 15.0 Å². The fourth-order valence-electron chi connectivity index (χ4n) is 1.86. The maximum Gasteiger partial charge on any atom is 0.335 e. The van der Waals surface area contributed by atoms with E-state index in [0.29, 0.717) is 11.5 Å². The van der Waals surface area contributed by atoms with E-state index in [-0.39, 0.29) is 11.3 Å². The molecule has 0 spiro atoms. The average molecular weight is 255 g/mol. The second-order valence-corrected chi connectivity index (χ2v) is 3.99. The molecule has 94 valence electrons. The van der Waals surface area contributed by atoms with Gasteiger partial charge in [-0.3, -0.25) is 4.40 Å². The molecule has 6 heteroatoms. The number of aromatic nitrogens is 3. The molecule has 0 aliphatic carbocycles. The van der Waals surface area contributed by atoms with Gasteiger partial charge in [0.05, 0.1) is 5.56 Å². The highest BCUT2D eigenvalue weighted by Gasteiger charge is 2.11. The van der Waals surface area contributed by atoms with Gasteiger partial charge in [0.2, 0.25) is 5.65 Å². The molecule has 6 nitrogen and oxygen atoms in total. The van der Waals surface area contributed by atoms with E-state index in [1.165, 1.54) is 18.2 Å². The number of rotatable bonds is 2. The van der Waals surface area contributed by atoms with Gasteiger partial charge in [0.15, 0.2) is 11.6 Å². The molecule has 0 saturated carbocycles. The van der Waals surface area contributed by atoms with Crippen LogP contribution in [-0.4, -0.2) is 30.8 Å². The summed E-state index contributed by atoms with van der Waals surface area (Å²) in [6.45, 7) is 0. The quantitative estimate of drug-likeness (QED) is 0.729. The second-order valence-electron chi connectivity index (χ2n) is 3.99. The van der Waals surface area contributed by atoms with Gasteiger partial charge in [-0.05, 0) is 24.3 Å². The van der Waals surface area contributed by atoms with Gasteiger partial charge in [0.1, 0.15) is 0 Å².